The number of benzene rings is 1. The van der Waals surface area contributed by atoms with Crippen LogP contribution in [0.4, 0.5) is 0 Å². The van der Waals surface area contributed by atoms with E-state index in [0.717, 1.165) is 18.5 Å². The molecule has 1 saturated heterocycles. The second kappa shape index (κ2) is 7.19. The highest BCUT2D eigenvalue weighted by Crippen LogP contribution is 2.16. The summed E-state index contributed by atoms with van der Waals surface area (Å²) in [5, 5.41) is 3.07. The Labute approximate surface area is 124 Å². The van der Waals surface area contributed by atoms with E-state index in [2.05, 4.69) is 5.32 Å². The Kier molecular flexibility index (Phi) is 5.30. The molecule has 3 N–H and O–H groups in total. The number of primary amides is 1. The molecule has 1 aromatic carbocycles. The van der Waals surface area contributed by atoms with Crippen LogP contribution >= 0.6 is 0 Å². The standard InChI is InChI=1S/C15H21N3O3/c1-17-7-6-11-4-2-3-5-12(11)15(20)18-8-9-21-10-13(18)14(16)19/h2-5,13,17H,6-10H2,1H3,(H2,16,19). The third-order valence-corrected chi connectivity index (χ3v) is 3.61. The Morgan fingerprint density at radius 3 is 2.90 bits per heavy atom. The van der Waals surface area contributed by atoms with Gasteiger partial charge in [-0.25, -0.2) is 0 Å². The molecule has 1 aliphatic rings. The molecule has 1 unspecified atom stereocenters. The number of rotatable bonds is 5. The molecule has 1 aromatic rings. The fourth-order valence-electron chi connectivity index (χ4n) is 2.44. The van der Waals surface area contributed by atoms with Crippen LogP contribution < -0.4 is 11.1 Å². The third-order valence-electron chi connectivity index (χ3n) is 3.61. The second-order valence-corrected chi connectivity index (χ2v) is 5.00. The van der Waals surface area contributed by atoms with Crippen LogP contribution in [0.5, 0.6) is 0 Å². The van der Waals surface area contributed by atoms with Crippen molar-refractivity contribution in [3.05, 3.63) is 35.4 Å². The molecule has 0 radical (unpaired) electrons. The number of amides is 2. The summed E-state index contributed by atoms with van der Waals surface area (Å²) >= 11 is 0. The van der Waals surface area contributed by atoms with Gasteiger partial charge in [-0.3, -0.25) is 9.59 Å². The van der Waals surface area contributed by atoms with Crippen molar-refractivity contribution in [2.24, 2.45) is 5.73 Å². The van der Waals surface area contributed by atoms with Gasteiger partial charge in [0.25, 0.3) is 5.91 Å². The van der Waals surface area contributed by atoms with Gasteiger partial charge >= 0.3 is 0 Å². The van der Waals surface area contributed by atoms with Crippen LogP contribution in [0.2, 0.25) is 0 Å². The quantitative estimate of drug-likeness (QED) is 0.785. The Morgan fingerprint density at radius 1 is 1.43 bits per heavy atom. The van der Waals surface area contributed by atoms with Gasteiger partial charge in [0.2, 0.25) is 5.91 Å². The van der Waals surface area contributed by atoms with E-state index in [-0.39, 0.29) is 12.5 Å². The Morgan fingerprint density at radius 2 is 2.19 bits per heavy atom. The molecule has 0 aromatic heterocycles. The molecule has 1 heterocycles. The molecule has 0 aliphatic carbocycles. The first kappa shape index (κ1) is 15.5. The zero-order valence-corrected chi connectivity index (χ0v) is 12.2. The zero-order chi connectivity index (χ0) is 15.2. The number of nitrogens with zero attached hydrogens (tertiary/aromatic N) is 1. The van der Waals surface area contributed by atoms with Gasteiger partial charge in [-0.2, -0.15) is 0 Å². The lowest BCUT2D eigenvalue weighted by molar-refractivity contribution is -0.127. The number of nitrogens with two attached hydrogens (primary N) is 1. The Hall–Kier alpha value is -1.92. The van der Waals surface area contributed by atoms with Gasteiger partial charge in [-0.05, 0) is 31.6 Å². The molecule has 0 spiro atoms. The highest BCUT2D eigenvalue weighted by Gasteiger charge is 2.32. The van der Waals surface area contributed by atoms with Crippen molar-refractivity contribution >= 4 is 11.8 Å². The minimum Gasteiger partial charge on any atom is -0.377 e. The summed E-state index contributed by atoms with van der Waals surface area (Å²) in [5.74, 6) is -0.690. The average Bonchev–Trinajstić information content (AvgIpc) is 2.52. The first-order valence-electron chi connectivity index (χ1n) is 7.05. The number of ether oxygens (including phenoxy) is 1. The van der Waals surface area contributed by atoms with Gasteiger partial charge in [0.05, 0.1) is 13.2 Å². The van der Waals surface area contributed by atoms with Crippen molar-refractivity contribution < 1.29 is 14.3 Å². The van der Waals surface area contributed by atoms with Gasteiger partial charge in [0, 0.05) is 12.1 Å². The van der Waals surface area contributed by atoms with Crippen LogP contribution in [0.15, 0.2) is 24.3 Å². The summed E-state index contributed by atoms with van der Waals surface area (Å²) in [6, 6.07) is 6.77. The Balaban J connectivity index is 2.24. The lowest BCUT2D eigenvalue weighted by Crippen LogP contribution is -2.54. The zero-order valence-electron chi connectivity index (χ0n) is 12.2. The number of nitrogens with one attached hydrogen (secondary N) is 1. The molecule has 1 fully saturated rings. The van der Waals surface area contributed by atoms with Crippen LogP contribution in [0.25, 0.3) is 0 Å². The van der Waals surface area contributed by atoms with Crippen LogP contribution in [0, 0.1) is 0 Å². The minimum absolute atomic E-state index is 0.159. The van der Waals surface area contributed by atoms with Crippen molar-refractivity contribution in [2.45, 2.75) is 12.5 Å². The number of likely N-dealkylation sites (N-methyl/N-ethyl adjacent to an activating group) is 1. The SMILES string of the molecule is CNCCc1ccccc1C(=O)N1CCOCC1C(N)=O. The molecule has 1 atom stereocenters. The number of carbonyl (C=O) groups is 2. The van der Waals surface area contributed by atoms with Gasteiger partial charge in [-0.15, -0.1) is 0 Å². The number of morpholine rings is 1. The molecule has 21 heavy (non-hydrogen) atoms. The molecule has 6 nitrogen and oxygen atoms in total. The van der Waals surface area contributed by atoms with Crippen molar-refractivity contribution in [1.29, 1.82) is 0 Å². The first-order valence-corrected chi connectivity index (χ1v) is 7.05. The predicted octanol–water partition coefficient (Wildman–Crippen LogP) is -0.225. The highest BCUT2D eigenvalue weighted by molar-refractivity contribution is 5.98. The third kappa shape index (κ3) is 3.59. The predicted molar refractivity (Wildman–Crippen MR) is 78.9 cm³/mol. The topological polar surface area (TPSA) is 84.7 Å². The van der Waals surface area contributed by atoms with E-state index >= 15 is 0 Å². The van der Waals surface area contributed by atoms with Crippen LogP contribution in [0.1, 0.15) is 15.9 Å². The molecule has 0 bridgehead atoms. The van der Waals surface area contributed by atoms with Gasteiger partial charge in [-0.1, -0.05) is 18.2 Å². The molecular formula is C15H21N3O3. The summed E-state index contributed by atoms with van der Waals surface area (Å²) in [5.41, 5.74) is 6.96. The van der Waals surface area contributed by atoms with E-state index in [4.69, 9.17) is 10.5 Å². The lowest BCUT2D eigenvalue weighted by Gasteiger charge is -2.34. The number of carbonyl (C=O) groups excluding carboxylic acids is 2. The summed E-state index contributed by atoms with van der Waals surface area (Å²) in [4.78, 5) is 25.8. The summed E-state index contributed by atoms with van der Waals surface area (Å²) in [6.45, 7) is 1.76. The molecule has 6 heteroatoms. The maximum atomic E-state index is 12.7. The summed E-state index contributed by atoms with van der Waals surface area (Å²) in [6.07, 6.45) is 0.754. The molecular weight excluding hydrogens is 270 g/mol. The van der Waals surface area contributed by atoms with E-state index in [0.29, 0.717) is 18.7 Å². The average molecular weight is 291 g/mol. The van der Waals surface area contributed by atoms with Gasteiger partial charge < -0.3 is 20.7 Å². The monoisotopic (exact) mass is 291 g/mol. The molecule has 2 amide bonds. The van der Waals surface area contributed by atoms with Gasteiger partial charge in [0.15, 0.2) is 0 Å². The molecule has 0 saturated carbocycles. The van der Waals surface area contributed by atoms with E-state index in [1.165, 1.54) is 4.90 Å². The normalized spacial score (nSPS) is 18.5. The molecule has 2 rings (SSSR count). The number of hydrogen-bond donors (Lipinski definition) is 2. The largest absolute Gasteiger partial charge is 0.377 e. The molecule has 1 aliphatic heterocycles. The number of hydrogen-bond acceptors (Lipinski definition) is 4. The fourth-order valence-corrected chi connectivity index (χ4v) is 2.44. The van der Waals surface area contributed by atoms with E-state index < -0.39 is 11.9 Å². The van der Waals surface area contributed by atoms with E-state index in [1.54, 1.807) is 6.07 Å². The highest BCUT2D eigenvalue weighted by atomic mass is 16.5. The van der Waals surface area contributed by atoms with E-state index in [1.807, 2.05) is 25.2 Å². The maximum absolute atomic E-state index is 12.7. The summed E-state index contributed by atoms with van der Waals surface area (Å²) in [7, 11) is 1.87. The van der Waals surface area contributed by atoms with Crippen LogP contribution in [0.3, 0.4) is 0 Å². The minimum atomic E-state index is -0.691. The van der Waals surface area contributed by atoms with Crippen molar-refractivity contribution in [1.82, 2.24) is 10.2 Å². The lowest BCUT2D eigenvalue weighted by atomic mass is 10.0. The fraction of sp³-hybridized carbons (Fsp3) is 0.467. The van der Waals surface area contributed by atoms with Crippen molar-refractivity contribution in [3.63, 3.8) is 0 Å². The van der Waals surface area contributed by atoms with Gasteiger partial charge in [0.1, 0.15) is 6.04 Å². The molecule has 114 valence electrons. The van der Waals surface area contributed by atoms with E-state index in [9.17, 15) is 9.59 Å². The van der Waals surface area contributed by atoms with Crippen molar-refractivity contribution in [2.75, 3.05) is 33.4 Å². The first-order chi connectivity index (χ1) is 10.1. The van der Waals surface area contributed by atoms with Crippen LogP contribution in [-0.2, 0) is 16.0 Å². The van der Waals surface area contributed by atoms with Crippen molar-refractivity contribution in [3.8, 4) is 0 Å². The maximum Gasteiger partial charge on any atom is 0.254 e. The summed E-state index contributed by atoms with van der Waals surface area (Å²) < 4.78 is 5.25. The van der Waals surface area contributed by atoms with Crippen LogP contribution in [-0.4, -0.2) is 56.1 Å². The Bertz CT molecular complexity index is 519. The smallest absolute Gasteiger partial charge is 0.254 e. The second-order valence-electron chi connectivity index (χ2n) is 5.00.